The number of nitrogens with one attached hydrogen (secondary N) is 1. The lowest BCUT2D eigenvalue weighted by Gasteiger charge is -2.19. The molecular formula is C12H17FN2. The number of aromatic nitrogens is 1. The number of pyridine rings is 1. The summed E-state index contributed by atoms with van der Waals surface area (Å²) in [6, 6.07) is 1.83. The third-order valence-corrected chi connectivity index (χ3v) is 3.33. The molecule has 0 amide bonds. The van der Waals surface area contributed by atoms with E-state index in [0.29, 0.717) is 11.8 Å². The molecule has 82 valence electrons. The van der Waals surface area contributed by atoms with Gasteiger partial charge in [-0.1, -0.05) is 6.42 Å². The van der Waals surface area contributed by atoms with E-state index in [0.717, 1.165) is 18.5 Å². The third kappa shape index (κ3) is 2.17. The van der Waals surface area contributed by atoms with Crippen molar-refractivity contribution in [3.8, 4) is 0 Å². The fourth-order valence-corrected chi connectivity index (χ4v) is 2.64. The zero-order valence-corrected chi connectivity index (χ0v) is 9.04. The second kappa shape index (κ2) is 4.71. The molecule has 0 aromatic carbocycles. The first kappa shape index (κ1) is 10.6. The van der Waals surface area contributed by atoms with Gasteiger partial charge in [0.2, 0.25) is 0 Å². The minimum absolute atomic E-state index is 0.148. The largest absolute Gasteiger partial charge is 0.319 e. The van der Waals surface area contributed by atoms with Crippen LogP contribution in [0.4, 0.5) is 4.39 Å². The van der Waals surface area contributed by atoms with E-state index in [2.05, 4.69) is 10.3 Å². The second-order valence-electron chi connectivity index (χ2n) is 4.25. The van der Waals surface area contributed by atoms with Crippen LogP contribution in [0.3, 0.4) is 0 Å². The maximum atomic E-state index is 13.6. The van der Waals surface area contributed by atoms with Gasteiger partial charge in [0.25, 0.3) is 0 Å². The fourth-order valence-electron chi connectivity index (χ4n) is 2.64. The molecule has 3 heteroatoms. The van der Waals surface area contributed by atoms with Crippen molar-refractivity contribution in [3.05, 3.63) is 29.8 Å². The predicted octanol–water partition coefficient (Wildman–Crippen LogP) is 2.32. The van der Waals surface area contributed by atoms with E-state index in [1.54, 1.807) is 6.20 Å². The van der Waals surface area contributed by atoms with Crippen LogP contribution < -0.4 is 5.32 Å². The zero-order chi connectivity index (χ0) is 10.7. The Labute approximate surface area is 89.9 Å². The quantitative estimate of drug-likeness (QED) is 0.824. The van der Waals surface area contributed by atoms with Crippen LogP contribution in [0.15, 0.2) is 18.5 Å². The zero-order valence-electron chi connectivity index (χ0n) is 9.04. The van der Waals surface area contributed by atoms with Gasteiger partial charge in [0, 0.05) is 6.20 Å². The van der Waals surface area contributed by atoms with Crippen LogP contribution in [0.1, 0.15) is 30.7 Å². The van der Waals surface area contributed by atoms with Crippen molar-refractivity contribution >= 4 is 0 Å². The lowest BCUT2D eigenvalue weighted by atomic mass is 9.89. The van der Waals surface area contributed by atoms with Gasteiger partial charge in [-0.2, -0.15) is 0 Å². The summed E-state index contributed by atoms with van der Waals surface area (Å²) in [5.74, 6) is 0.804. The highest BCUT2D eigenvalue weighted by molar-refractivity contribution is 5.20. The molecule has 0 spiro atoms. The van der Waals surface area contributed by atoms with Crippen molar-refractivity contribution in [1.29, 1.82) is 0 Å². The Balaban J connectivity index is 2.19. The third-order valence-electron chi connectivity index (χ3n) is 3.33. The monoisotopic (exact) mass is 208 g/mol. The summed E-state index contributed by atoms with van der Waals surface area (Å²) in [5, 5.41) is 3.19. The highest BCUT2D eigenvalue weighted by Gasteiger charge is 2.29. The van der Waals surface area contributed by atoms with Gasteiger partial charge < -0.3 is 5.32 Å². The van der Waals surface area contributed by atoms with E-state index >= 15 is 0 Å². The summed E-state index contributed by atoms with van der Waals surface area (Å²) in [5.41, 5.74) is 0.850. The molecule has 0 radical (unpaired) electrons. The minimum atomic E-state index is -0.148. The highest BCUT2D eigenvalue weighted by atomic mass is 19.1. The van der Waals surface area contributed by atoms with Gasteiger partial charge in [-0.05, 0) is 49.9 Å². The molecule has 1 heterocycles. The molecule has 1 aromatic rings. The summed E-state index contributed by atoms with van der Waals surface area (Å²) in [4.78, 5) is 3.80. The Morgan fingerprint density at radius 1 is 1.53 bits per heavy atom. The summed E-state index contributed by atoms with van der Waals surface area (Å²) in [7, 11) is 1.96. The van der Waals surface area contributed by atoms with Gasteiger partial charge in [-0.3, -0.25) is 4.98 Å². The minimum Gasteiger partial charge on any atom is -0.319 e. The first-order valence-electron chi connectivity index (χ1n) is 5.57. The molecule has 1 fully saturated rings. The smallest absolute Gasteiger partial charge is 0.144 e. The van der Waals surface area contributed by atoms with E-state index in [9.17, 15) is 4.39 Å². The normalized spacial score (nSPS) is 25.7. The van der Waals surface area contributed by atoms with Gasteiger partial charge in [0.05, 0.1) is 6.20 Å². The van der Waals surface area contributed by atoms with E-state index in [4.69, 9.17) is 0 Å². The number of nitrogens with zero attached hydrogens (tertiary/aromatic N) is 1. The Bertz CT molecular complexity index is 327. The van der Waals surface area contributed by atoms with Crippen LogP contribution in [-0.2, 0) is 0 Å². The number of hydrogen-bond acceptors (Lipinski definition) is 2. The number of halogens is 1. The van der Waals surface area contributed by atoms with Crippen molar-refractivity contribution in [2.24, 2.45) is 5.92 Å². The molecule has 0 aliphatic heterocycles. The lowest BCUT2D eigenvalue weighted by Crippen LogP contribution is -2.21. The molecule has 1 aromatic heterocycles. The van der Waals surface area contributed by atoms with Crippen LogP contribution in [0, 0.1) is 11.7 Å². The second-order valence-corrected chi connectivity index (χ2v) is 4.25. The molecule has 1 aliphatic carbocycles. The molecule has 1 N–H and O–H groups in total. The SMILES string of the molecule is CNCC1CCCC1c1ccncc1F. The van der Waals surface area contributed by atoms with Crippen molar-refractivity contribution in [3.63, 3.8) is 0 Å². The Morgan fingerprint density at radius 2 is 2.40 bits per heavy atom. The van der Waals surface area contributed by atoms with Crippen LogP contribution in [0.5, 0.6) is 0 Å². The van der Waals surface area contributed by atoms with Gasteiger partial charge in [-0.15, -0.1) is 0 Å². The molecule has 1 saturated carbocycles. The van der Waals surface area contributed by atoms with Crippen molar-refractivity contribution in [2.45, 2.75) is 25.2 Å². The van der Waals surface area contributed by atoms with Crippen molar-refractivity contribution < 1.29 is 4.39 Å². The fraction of sp³-hybridized carbons (Fsp3) is 0.583. The molecule has 2 rings (SSSR count). The van der Waals surface area contributed by atoms with Crippen LogP contribution >= 0.6 is 0 Å². The first-order chi connectivity index (χ1) is 7.33. The highest BCUT2D eigenvalue weighted by Crippen LogP contribution is 2.39. The molecule has 1 aliphatic rings. The van der Waals surface area contributed by atoms with Crippen LogP contribution in [0.2, 0.25) is 0 Å². The number of rotatable bonds is 3. The average Bonchev–Trinajstić information content (AvgIpc) is 2.67. The molecule has 2 atom stereocenters. The van der Waals surface area contributed by atoms with Gasteiger partial charge in [0.1, 0.15) is 5.82 Å². The Hall–Kier alpha value is -0.960. The predicted molar refractivity (Wildman–Crippen MR) is 58.2 cm³/mol. The molecule has 2 nitrogen and oxygen atoms in total. The van der Waals surface area contributed by atoms with Gasteiger partial charge in [-0.25, -0.2) is 4.39 Å². The Kier molecular flexibility index (Phi) is 3.31. The standard InChI is InChI=1S/C12H17FN2/c1-14-7-9-3-2-4-10(9)11-5-6-15-8-12(11)13/h5-6,8-10,14H,2-4,7H2,1H3. The van der Waals surface area contributed by atoms with Crippen molar-refractivity contribution in [2.75, 3.05) is 13.6 Å². The lowest BCUT2D eigenvalue weighted by molar-refractivity contribution is 0.446. The Morgan fingerprint density at radius 3 is 3.13 bits per heavy atom. The summed E-state index contributed by atoms with van der Waals surface area (Å²) < 4.78 is 13.6. The van der Waals surface area contributed by atoms with E-state index < -0.39 is 0 Å². The molecule has 0 bridgehead atoms. The van der Waals surface area contributed by atoms with Crippen LogP contribution in [-0.4, -0.2) is 18.6 Å². The molecular weight excluding hydrogens is 191 g/mol. The maximum absolute atomic E-state index is 13.6. The molecule has 2 unspecified atom stereocenters. The topological polar surface area (TPSA) is 24.9 Å². The first-order valence-corrected chi connectivity index (χ1v) is 5.57. The maximum Gasteiger partial charge on any atom is 0.144 e. The average molecular weight is 208 g/mol. The van der Waals surface area contributed by atoms with E-state index in [-0.39, 0.29) is 5.82 Å². The van der Waals surface area contributed by atoms with Gasteiger partial charge >= 0.3 is 0 Å². The van der Waals surface area contributed by atoms with E-state index in [1.165, 1.54) is 19.0 Å². The summed E-state index contributed by atoms with van der Waals surface area (Å²) >= 11 is 0. The van der Waals surface area contributed by atoms with Crippen molar-refractivity contribution in [1.82, 2.24) is 10.3 Å². The summed E-state index contributed by atoms with van der Waals surface area (Å²) in [6.45, 7) is 0.979. The van der Waals surface area contributed by atoms with E-state index in [1.807, 2.05) is 13.1 Å². The number of hydrogen-bond donors (Lipinski definition) is 1. The molecule has 0 saturated heterocycles. The molecule has 15 heavy (non-hydrogen) atoms. The summed E-state index contributed by atoms with van der Waals surface area (Å²) in [6.07, 6.45) is 6.52. The van der Waals surface area contributed by atoms with Gasteiger partial charge in [0.15, 0.2) is 0 Å². The van der Waals surface area contributed by atoms with Crippen LogP contribution in [0.25, 0.3) is 0 Å².